The minimum Gasteiger partial charge on any atom is -0.476 e. The summed E-state index contributed by atoms with van der Waals surface area (Å²) in [5, 5.41) is 21.7. The second-order valence-corrected chi connectivity index (χ2v) is 7.04. The summed E-state index contributed by atoms with van der Waals surface area (Å²) in [6.07, 6.45) is 2.03. The van der Waals surface area contributed by atoms with Crippen LogP contribution in [0.4, 0.5) is 0 Å². The van der Waals surface area contributed by atoms with Gasteiger partial charge in [0.15, 0.2) is 16.8 Å². The molecule has 0 bridgehead atoms. The van der Waals surface area contributed by atoms with Crippen molar-refractivity contribution in [2.24, 2.45) is 0 Å². The lowest BCUT2D eigenvalue weighted by molar-refractivity contribution is 0.0689. The van der Waals surface area contributed by atoms with Crippen LogP contribution >= 0.6 is 0 Å². The van der Waals surface area contributed by atoms with Crippen LogP contribution in [0.15, 0.2) is 53.6 Å². The minimum atomic E-state index is -2.24. The summed E-state index contributed by atoms with van der Waals surface area (Å²) < 4.78 is 23.2. The van der Waals surface area contributed by atoms with E-state index in [0.29, 0.717) is 28.9 Å². The van der Waals surface area contributed by atoms with E-state index in [0.717, 1.165) is 10.9 Å². The van der Waals surface area contributed by atoms with Gasteiger partial charge in [-0.15, -0.1) is 0 Å². The zero-order chi connectivity index (χ0) is 19.8. The fourth-order valence-corrected chi connectivity index (χ4v) is 3.91. The van der Waals surface area contributed by atoms with E-state index in [-0.39, 0.29) is 10.6 Å². The molecule has 0 aliphatic carbocycles. The Balaban J connectivity index is 2.13. The highest BCUT2D eigenvalue weighted by Gasteiger charge is 2.26. The first-order valence-corrected chi connectivity index (χ1v) is 9.61. The number of benzene rings is 2. The quantitative estimate of drug-likeness (QED) is 0.445. The second-order valence-electron chi connectivity index (χ2n) is 6.10. The number of aromatic amines is 1. The maximum Gasteiger partial charge on any atom is 0.356 e. The van der Waals surface area contributed by atoms with E-state index in [9.17, 15) is 18.7 Å². The van der Waals surface area contributed by atoms with E-state index in [1.165, 1.54) is 4.68 Å². The molecular weight excluding hydrogens is 380 g/mol. The summed E-state index contributed by atoms with van der Waals surface area (Å²) in [7, 11) is 0. The molecule has 9 heteroatoms. The van der Waals surface area contributed by atoms with Crippen molar-refractivity contribution in [3.8, 4) is 16.9 Å². The molecule has 4 aromatic rings. The van der Waals surface area contributed by atoms with Crippen molar-refractivity contribution < 1.29 is 18.7 Å². The Hall–Kier alpha value is -3.30. The Bertz CT molecular complexity index is 1230. The van der Waals surface area contributed by atoms with Crippen LogP contribution in [0, 0.1) is 0 Å². The third-order valence-corrected chi connectivity index (χ3v) is 5.29. The number of carbonyl (C=O) groups is 1. The number of rotatable bonds is 5. The second kappa shape index (κ2) is 7.02. The van der Waals surface area contributed by atoms with Crippen LogP contribution in [-0.2, 0) is 17.5 Å². The summed E-state index contributed by atoms with van der Waals surface area (Å²) in [5.74, 6) is -1.15. The van der Waals surface area contributed by atoms with Crippen molar-refractivity contribution in [3.05, 3.63) is 59.9 Å². The van der Waals surface area contributed by atoms with Gasteiger partial charge in [-0.05, 0) is 24.6 Å². The van der Waals surface area contributed by atoms with Crippen molar-refractivity contribution in [2.45, 2.75) is 18.2 Å². The van der Waals surface area contributed by atoms with Gasteiger partial charge in [0.25, 0.3) is 0 Å². The van der Waals surface area contributed by atoms with Crippen molar-refractivity contribution in [3.63, 3.8) is 0 Å². The molecular formula is C19H16N4O4S. The van der Waals surface area contributed by atoms with Gasteiger partial charge in [-0.25, -0.2) is 13.7 Å². The first kappa shape index (κ1) is 18.1. The third kappa shape index (κ3) is 2.81. The SMILES string of the molecule is CCc1c(C(=O)O)nn(-c2cccc3[nH]ncc23)c1-c1ccccc1S(=O)O. The van der Waals surface area contributed by atoms with Crippen LogP contribution in [0.3, 0.4) is 0 Å². The predicted octanol–water partition coefficient (Wildman–Crippen LogP) is 3.26. The van der Waals surface area contributed by atoms with Gasteiger partial charge < -0.3 is 9.66 Å². The van der Waals surface area contributed by atoms with Gasteiger partial charge in [-0.2, -0.15) is 10.2 Å². The van der Waals surface area contributed by atoms with Gasteiger partial charge in [0.1, 0.15) is 0 Å². The molecule has 8 nitrogen and oxygen atoms in total. The highest BCUT2D eigenvalue weighted by molar-refractivity contribution is 7.79. The van der Waals surface area contributed by atoms with Gasteiger partial charge >= 0.3 is 5.97 Å². The maximum absolute atomic E-state index is 11.9. The Labute approximate surface area is 162 Å². The van der Waals surface area contributed by atoms with Gasteiger partial charge in [-0.3, -0.25) is 5.10 Å². The molecule has 0 aliphatic rings. The van der Waals surface area contributed by atoms with Crippen LogP contribution in [0.25, 0.3) is 27.8 Å². The summed E-state index contributed by atoms with van der Waals surface area (Å²) in [4.78, 5) is 12.0. The van der Waals surface area contributed by atoms with E-state index < -0.39 is 17.0 Å². The van der Waals surface area contributed by atoms with Gasteiger partial charge in [0.2, 0.25) is 0 Å². The first-order chi connectivity index (χ1) is 13.5. The summed E-state index contributed by atoms with van der Waals surface area (Å²) in [6.45, 7) is 1.83. The van der Waals surface area contributed by atoms with Gasteiger partial charge in [-0.1, -0.05) is 31.2 Å². The number of hydrogen-bond acceptors (Lipinski definition) is 4. The monoisotopic (exact) mass is 396 g/mol. The molecule has 2 aromatic carbocycles. The molecule has 2 heterocycles. The van der Waals surface area contributed by atoms with E-state index >= 15 is 0 Å². The average molecular weight is 396 g/mol. The van der Waals surface area contributed by atoms with Gasteiger partial charge in [0.05, 0.1) is 28.0 Å². The van der Waals surface area contributed by atoms with Crippen molar-refractivity contribution in [2.75, 3.05) is 0 Å². The maximum atomic E-state index is 11.9. The average Bonchev–Trinajstić information content (AvgIpc) is 3.32. The van der Waals surface area contributed by atoms with Crippen LogP contribution < -0.4 is 0 Å². The molecule has 28 heavy (non-hydrogen) atoms. The molecule has 0 fully saturated rings. The van der Waals surface area contributed by atoms with Crippen molar-refractivity contribution in [1.29, 1.82) is 0 Å². The summed E-state index contributed by atoms with van der Waals surface area (Å²) in [6, 6.07) is 12.1. The highest BCUT2D eigenvalue weighted by Crippen LogP contribution is 2.35. The number of nitrogens with zero attached hydrogens (tertiary/aromatic N) is 3. The lowest BCUT2D eigenvalue weighted by Gasteiger charge is -2.12. The van der Waals surface area contributed by atoms with Gasteiger partial charge in [0, 0.05) is 16.5 Å². The van der Waals surface area contributed by atoms with Crippen molar-refractivity contribution >= 4 is 28.0 Å². The molecule has 1 atom stereocenters. The summed E-state index contributed by atoms with van der Waals surface area (Å²) in [5.41, 5.74) is 2.74. The molecule has 0 aliphatic heterocycles. The fraction of sp³-hybridized carbons (Fsp3) is 0.105. The molecule has 0 spiro atoms. The Morgan fingerprint density at radius 1 is 1.21 bits per heavy atom. The van der Waals surface area contributed by atoms with Crippen LogP contribution in [0.1, 0.15) is 23.0 Å². The molecule has 0 saturated heterocycles. The molecule has 1 unspecified atom stereocenters. The van der Waals surface area contributed by atoms with E-state index in [1.807, 2.05) is 19.1 Å². The highest BCUT2D eigenvalue weighted by atomic mass is 32.2. The number of nitrogens with one attached hydrogen (secondary N) is 1. The number of aromatic carboxylic acids is 1. The third-order valence-electron chi connectivity index (χ3n) is 4.56. The first-order valence-electron chi connectivity index (χ1n) is 8.50. The zero-order valence-corrected chi connectivity index (χ0v) is 15.6. The van der Waals surface area contributed by atoms with Crippen LogP contribution in [0.5, 0.6) is 0 Å². The molecule has 3 N–H and O–H groups in total. The number of carboxylic acid groups (broad SMARTS) is 1. The number of H-pyrrole nitrogens is 1. The Morgan fingerprint density at radius 3 is 2.71 bits per heavy atom. The number of carboxylic acids is 1. The number of hydrogen-bond donors (Lipinski definition) is 3. The minimum absolute atomic E-state index is 0.0866. The van der Waals surface area contributed by atoms with Crippen LogP contribution in [0.2, 0.25) is 0 Å². The normalized spacial score (nSPS) is 12.4. The number of fused-ring (bicyclic) bond motifs is 1. The number of aromatic nitrogens is 4. The standard InChI is InChI=1S/C19H16N4O4S/c1-2-11-17(19(24)25)22-23(15-8-5-7-14-13(15)10-20-21-14)18(11)12-6-3-4-9-16(12)28(26)27/h3-10H,2H2,1H3,(H,20,21)(H,24,25)(H,26,27). The zero-order valence-electron chi connectivity index (χ0n) is 14.8. The topological polar surface area (TPSA) is 121 Å². The van der Waals surface area contributed by atoms with E-state index in [2.05, 4.69) is 15.3 Å². The summed E-state index contributed by atoms with van der Waals surface area (Å²) >= 11 is -2.24. The van der Waals surface area contributed by atoms with E-state index in [4.69, 9.17) is 0 Å². The predicted molar refractivity (Wildman–Crippen MR) is 104 cm³/mol. The largest absolute Gasteiger partial charge is 0.476 e. The van der Waals surface area contributed by atoms with Crippen LogP contribution in [-0.4, -0.2) is 39.8 Å². The smallest absolute Gasteiger partial charge is 0.356 e. The molecule has 0 amide bonds. The molecule has 0 saturated carbocycles. The molecule has 0 radical (unpaired) electrons. The van der Waals surface area contributed by atoms with E-state index in [1.54, 1.807) is 36.5 Å². The molecule has 2 aromatic heterocycles. The molecule has 4 rings (SSSR count). The fourth-order valence-electron chi connectivity index (χ4n) is 3.36. The lowest BCUT2D eigenvalue weighted by atomic mass is 10.0. The Morgan fingerprint density at radius 2 is 2.00 bits per heavy atom. The van der Waals surface area contributed by atoms with Crippen molar-refractivity contribution in [1.82, 2.24) is 20.0 Å². The Kier molecular flexibility index (Phi) is 4.54. The molecule has 142 valence electrons. The lowest BCUT2D eigenvalue weighted by Crippen LogP contribution is -2.03.